The molecule has 0 aliphatic rings. The number of rotatable bonds is 6. The van der Waals surface area contributed by atoms with Gasteiger partial charge in [-0.2, -0.15) is 0 Å². The van der Waals surface area contributed by atoms with Gasteiger partial charge in [0.1, 0.15) is 5.82 Å². The third kappa shape index (κ3) is 3.62. The van der Waals surface area contributed by atoms with Crippen molar-refractivity contribution >= 4 is 10.0 Å². The second kappa shape index (κ2) is 5.94. The molecule has 7 heteroatoms. The molecule has 0 bridgehead atoms. The number of sulfonamides is 1. The zero-order chi connectivity index (χ0) is 13.7. The highest BCUT2D eigenvalue weighted by Gasteiger charge is 2.16. The molecule has 2 rings (SSSR count). The summed E-state index contributed by atoms with van der Waals surface area (Å²) < 4.78 is 26.4. The van der Waals surface area contributed by atoms with Crippen LogP contribution in [0.15, 0.2) is 35.6 Å². The van der Waals surface area contributed by atoms with Gasteiger partial charge in [-0.05, 0) is 12.1 Å². The molecule has 2 aromatic rings. The highest BCUT2D eigenvalue weighted by molar-refractivity contribution is 7.89. The average molecular weight is 280 g/mol. The molecule has 2 aromatic heterocycles. The van der Waals surface area contributed by atoms with Crippen LogP contribution >= 0.6 is 0 Å². The van der Waals surface area contributed by atoms with E-state index >= 15 is 0 Å². The highest BCUT2D eigenvalue weighted by Crippen LogP contribution is 2.05. The van der Waals surface area contributed by atoms with E-state index in [9.17, 15) is 8.42 Å². The lowest BCUT2D eigenvalue weighted by Crippen LogP contribution is -2.26. The minimum Gasteiger partial charge on any atom is -0.332 e. The predicted octanol–water partition coefficient (Wildman–Crippen LogP) is 0.888. The minimum atomic E-state index is -3.52. The van der Waals surface area contributed by atoms with Gasteiger partial charge in [0, 0.05) is 31.3 Å². The lowest BCUT2D eigenvalue weighted by molar-refractivity contribution is 0.578. The van der Waals surface area contributed by atoms with Gasteiger partial charge in [-0.25, -0.2) is 18.1 Å². The van der Waals surface area contributed by atoms with Crippen molar-refractivity contribution in [1.29, 1.82) is 0 Å². The van der Waals surface area contributed by atoms with Gasteiger partial charge >= 0.3 is 0 Å². The normalized spacial score (nSPS) is 11.6. The number of imidazole rings is 1. The molecule has 2 heterocycles. The van der Waals surface area contributed by atoms with E-state index in [0.29, 0.717) is 25.2 Å². The highest BCUT2D eigenvalue weighted by atomic mass is 32.2. The molecule has 0 aliphatic heterocycles. The molecule has 0 unspecified atom stereocenters. The Balaban J connectivity index is 1.94. The summed E-state index contributed by atoms with van der Waals surface area (Å²) in [5.74, 6) is 0.658. The molecule has 0 aliphatic carbocycles. The Labute approximate surface area is 112 Å². The van der Waals surface area contributed by atoms with E-state index in [4.69, 9.17) is 0 Å². The number of nitrogens with zero attached hydrogens (tertiary/aromatic N) is 2. The van der Waals surface area contributed by atoms with E-state index < -0.39 is 10.0 Å². The van der Waals surface area contributed by atoms with Crippen LogP contribution in [-0.4, -0.2) is 29.9 Å². The SMILES string of the molecule is CCc1ncc(S(=O)(=O)NCCc2ccccn2)[nH]1. The summed E-state index contributed by atoms with van der Waals surface area (Å²) in [5.41, 5.74) is 0.851. The van der Waals surface area contributed by atoms with Crippen molar-refractivity contribution in [2.45, 2.75) is 24.8 Å². The van der Waals surface area contributed by atoms with Crippen LogP contribution < -0.4 is 4.72 Å². The molecule has 6 nitrogen and oxygen atoms in total. The van der Waals surface area contributed by atoms with Crippen molar-refractivity contribution in [2.75, 3.05) is 6.54 Å². The van der Waals surface area contributed by atoms with Crippen LogP contribution in [0.1, 0.15) is 18.4 Å². The van der Waals surface area contributed by atoms with Crippen LogP contribution in [0.25, 0.3) is 0 Å². The number of aryl methyl sites for hydroxylation is 1. The van der Waals surface area contributed by atoms with E-state index in [-0.39, 0.29) is 5.03 Å². The molecule has 102 valence electrons. The second-order valence-electron chi connectivity index (χ2n) is 4.02. The number of nitrogens with one attached hydrogen (secondary N) is 2. The number of aromatic nitrogens is 3. The van der Waals surface area contributed by atoms with Crippen molar-refractivity contribution in [3.63, 3.8) is 0 Å². The van der Waals surface area contributed by atoms with Crippen molar-refractivity contribution < 1.29 is 8.42 Å². The van der Waals surface area contributed by atoms with Crippen molar-refractivity contribution in [3.8, 4) is 0 Å². The van der Waals surface area contributed by atoms with Gasteiger partial charge in [0.2, 0.25) is 0 Å². The first-order valence-electron chi connectivity index (χ1n) is 6.05. The Morgan fingerprint density at radius 1 is 1.32 bits per heavy atom. The van der Waals surface area contributed by atoms with Gasteiger partial charge in [-0.15, -0.1) is 0 Å². The Morgan fingerprint density at radius 2 is 2.16 bits per heavy atom. The van der Waals surface area contributed by atoms with Gasteiger partial charge in [0.05, 0.1) is 6.20 Å². The quantitative estimate of drug-likeness (QED) is 0.822. The number of pyridine rings is 1. The van der Waals surface area contributed by atoms with Gasteiger partial charge < -0.3 is 4.98 Å². The largest absolute Gasteiger partial charge is 0.332 e. The molecule has 19 heavy (non-hydrogen) atoms. The molecule has 0 amide bonds. The number of H-pyrrole nitrogens is 1. The van der Waals surface area contributed by atoms with E-state index in [1.165, 1.54) is 6.20 Å². The molecule has 0 saturated carbocycles. The van der Waals surface area contributed by atoms with Crippen molar-refractivity contribution in [2.24, 2.45) is 0 Å². The van der Waals surface area contributed by atoms with Crippen LogP contribution in [0.2, 0.25) is 0 Å². The molecule has 0 fully saturated rings. The molecule has 0 saturated heterocycles. The summed E-state index contributed by atoms with van der Waals surface area (Å²) in [5, 5.41) is 0.102. The number of aromatic amines is 1. The Morgan fingerprint density at radius 3 is 2.79 bits per heavy atom. The average Bonchev–Trinajstić information content (AvgIpc) is 2.89. The number of hydrogen-bond donors (Lipinski definition) is 2. The van der Waals surface area contributed by atoms with Crippen molar-refractivity contribution in [1.82, 2.24) is 19.7 Å². The first kappa shape index (κ1) is 13.7. The zero-order valence-corrected chi connectivity index (χ0v) is 11.4. The third-order valence-electron chi connectivity index (χ3n) is 2.63. The maximum absolute atomic E-state index is 11.9. The maximum atomic E-state index is 11.9. The third-order valence-corrected chi connectivity index (χ3v) is 4.00. The van der Waals surface area contributed by atoms with Crippen LogP contribution in [0.3, 0.4) is 0 Å². The van der Waals surface area contributed by atoms with Crippen LogP contribution in [0, 0.1) is 0 Å². The van der Waals surface area contributed by atoms with Gasteiger partial charge in [0.15, 0.2) is 5.03 Å². The Hall–Kier alpha value is -1.73. The van der Waals surface area contributed by atoms with E-state index in [2.05, 4.69) is 19.7 Å². The smallest absolute Gasteiger partial charge is 0.257 e. The first-order chi connectivity index (χ1) is 9.12. The summed E-state index contributed by atoms with van der Waals surface area (Å²) in [4.78, 5) is 10.9. The Bertz CT molecular complexity index is 622. The topological polar surface area (TPSA) is 87.7 Å². The zero-order valence-electron chi connectivity index (χ0n) is 10.6. The summed E-state index contributed by atoms with van der Waals surface area (Å²) in [6.07, 6.45) is 4.24. The molecule has 0 aromatic carbocycles. The molecule has 0 radical (unpaired) electrons. The van der Waals surface area contributed by atoms with Crippen LogP contribution in [0.5, 0.6) is 0 Å². The van der Waals surface area contributed by atoms with Crippen LogP contribution in [-0.2, 0) is 22.9 Å². The lowest BCUT2D eigenvalue weighted by Gasteiger charge is -2.04. The molecule has 0 spiro atoms. The maximum Gasteiger partial charge on any atom is 0.257 e. The molecule has 2 N–H and O–H groups in total. The number of hydrogen-bond acceptors (Lipinski definition) is 4. The molecule has 0 atom stereocenters. The summed E-state index contributed by atoms with van der Waals surface area (Å²) >= 11 is 0. The van der Waals surface area contributed by atoms with Gasteiger partial charge in [0.25, 0.3) is 10.0 Å². The monoisotopic (exact) mass is 280 g/mol. The fourth-order valence-corrected chi connectivity index (χ4v) is 2.57. The van der Waals surface area contributed by atoms with E-state index in [1.54, 1.807) is 6.20 Å². The second-order valence-corrected chi connectivity index (χ2v) is 5.75. The van der Waals surface area contributed by atoms with Crippen LogP contribution in [0.4, 0.5) is 0 Å². The summed E-state index contributed by atoms with van der Waals surface area (Å²) in [6.45, 7) is 2.21. The first-order valence-corrected chi connectivity index (χ1v) is 7.53. The predicted molar refractivity (Wildman–Crippen MR) is 71.1 cm³/mol. The summed E-state index contributed by atoms with van der Waals surface area (Å²) in [7, 11) is -3.52. The standard InChI is InChI=1S/C12H16N4O2S/c1-2-11-14-9-12(16-11)19(17,18)15-8-6-10-5-3-4-7-13-10/h3-5,7,9,15H,2,6,8H2,1H3,(H,14,16). The fraction of sp³-hybridized carbons (Fsp3) is 0.333. The fourth-order valence-electron chi connectivity index (χ4n) is 1.60. The Kier molecular flexibility index (Phi) is 4.28. The van der Waals surface area contributed by atoms with Gasteiger partial charge in [-0.3, -0.25) is 4.98 Å². The van der Waals surface area contributed by atoms with E-state index in [1.807, 2.05) is 25.1 Å². The molecular formula is C12H16N4O2S. The molecular weight excluding hydrogens is 264 g/mol. The summed E-state index contributed by atoms with van der Waals surface area (Å²) in [6, 6.07) is 5.56. The minimum absolute atomic E-state index is 0.102. The van der Waals surface area contributed by atoms with E-state index in [0.717, 1.165) is 5.69 Å². The van der Waals surface area contributed by atoms with Gasteiger partial charge in [-0.1, -0.05) is 13.0 Å². The lowest BCUT2D eigenvalue weighted by atomic mass is 10.3. The van der Waals surface area contributed by atoms with Crippen molar-refractivity contribution in [3.05, 3.63) is 42.1 Å².